The Bertz CT molecular complexity index is 543. The lowest BCUT2D eigenvalue weighted by Gasteiger charge is -2.29. The maximum atomic E-state index is 14.0. The van der Waals surface area contributed by atoms with Crippen molar-refractivity contribution in [3.63, 3.8) is 0 Å². The number of aromatic nitrogens is 2. The number of fused-ring (bicyclic) bond motifs is 1. The minimum absolute atomic E-state index is 0.178. The summed E-state index contributed by atoms with van der Waals surface area (Å²) in [5, 5.41) is 11.2. The summed E-state index contributed by atoms with van der Waals surface area (Å²) < 4.78 is 14.0. The number of rotatable bonds is 1. The van der Waals surface area contributed by atoms with Crippen LogP contribution in [-0.4, -0.2) is 36.4 Å². The van der Waals surface area contributed by atoms with Crippen LogP contribution >= 0.6 is 0 Å². The predicted molar refractivity (Wildman–Crippen MR) is 65.9 cm³/mol. The van der Waals surface area contributed by atoms with Crippen molar-refractivity contribution in [3.8, 4) is 0 Å². The van der Waals surface area contributed by atoms with Crippen molar-refractivity contribution in [1.82, 2.24) is 15.5 Å². The molecule has 2 heterocycles. The van der Waals surface area contributed by atoms with Gasteiger partial charge in [-0.15, -0.1) is 0 Å². The van der Waals surface area contributed by atoms with E-state index in [4.69, 9.17) is 0 Å². The second kappa shape index (κ2) is 4.00. The molecule has 2 aromatic rings. The van der Waals surface area contributed by atoms with Crippen LogP contribution in [0.4, 0.5) is 10.1 Å². The molecular formula is C12H15FN4. The number of aryl methyl sites for hydroxylation is 1. The van der Waals surface area contributed by atoms with E-state index in [1.165, 1.54) is 6.07 Å². The van der Waals surface area contributed by atoms with Crippen molar-refractivity contribution in [2.24, 2.45) is 0 Å². The van der Waals surface area contributed by atoms with E-state index in [1.807, 2.05) is 13.0 Å². The molecule has 0 unspecified atom stereocenters. The Morgan fingerprint density at radius 2 is 2.06 bits per heavy atom. The van der Waals surface area contributed by atoms with Crippen LogP contribution in [-0.2, 0) is 0 Å². The molecule has 4 nitrogen and oxygen atoms in total. The van der Waals surface area contributed by atoms with E-state index in [1.54, 1.807) is 0 Å². The van der Waals surface area contributed by atoms with Crippen molar-refractivity contribution in [3.05, 3.63) is 23.6 Å². The number of anilines is 1. The highest BCUT2D eigenvalue weighted by molar-refractivity contribution is 5.85. The number of benzene rings is 1. The van der Waals surface area contributed by atoms with Gasteiger partial charge in [0.05, 0.1) is 16.9 Å². The van der Waals surface area contributed by atoms with Crippen molar-refractivity contribution in [2.45, 2.75) is 6.92 Å². The number of hydrogen-bond acceptors (Lipinski definition) is 3. The molecule has 17 heavy (non-hydrogen) atoms. The molecule has 1 fully saturated rings. The fraction of sp³-hybridized carbons (Fsp3) is 0.417. The van der Waals surface area contributed by atoms with Crippen LogP contribution in [0.2, 0.25) is 0 Å². The maximum absolute atomic E-state index is 14.0. The molecule has 0 radical (unpaired) electrons. The number of nitrogens with one attached hydrogen (secondary N) is 2. The van der Waals surface area contributed by atoms with Gasteiger partial charge in [0.1, 0.15) is 5.82 Å². The van der Waals surface area contributed by atoms with Crippen LogP contribution in [0, 0.1) is 12.7 Å². The van der Waals surface area contributed by atoms with E-state index in [-0.39, 0.29) is 5.82 Å². The number of aromatic amines is 1. The highest BCUT2D eigenvalue weighted by Crippen LogP contribution is 2.26. The zero-order chi connectivity index (χ0) is 11.8. The lowest BCUT2D eigenvalue weighted by molar-refractivity contribution is 0.567. The van der Waals surface area contributed by atoms with Crippen molar-refractivity contribution < 1.29 is 4.39 Å². The number of hydrogen-bond donors (Lipinski definition) is 2. The highest BCUT2D eigenvalue weighted by atomic mass is 19.1. The van der Waals surface area contributed by atoms with E-state index < -0.39 is 0 Å². The monoisotopic (exact) mass is 234 g/mol. The van der Waals surface area contributed by atoms with E-state index in [9.17, 15) is 4.39 Å². The highest BCUT2D eigenvalue weighted by Gasteiger charge is 2.16. The first-order valence-corrected chi connectivity index (χ1v) is 5.85. The minimum Gasteiger partial charge on any atom is -0.367 e. The van der Waals surface area contributed by atoms with Crippen molar-refractivity contribution in [1.29, 1.82) is 0 Å². The SMILES string of the molecule is Cc1n[nH]c2cc(F)c(N3CCNCC3)cc12. The molecule has 5 heteroatoms. The van der Waals surface area contributed by atoms with E-state index in [2.05, 4.69) is 20.4 Å². The molecular weight excluding hydrogens is 219 g/mol. The molecule has 1 saturated heterocycles. The molecule has 0 atom stereocenters. The molecule has 3 rings (SSSR count). The molecule has 0 saturated carbocycles. The van der Waals surface area contributed by atoms with Gasteiger partial charge in [-0.1, -0.05) is 0 Å². The summed E-state index contributed by atoms with van der Waals surface area (Å²) in [7, 11) is 0. The van der Waals surface area contributed by atoms with Crippen LogP contribution in [0.15, 0.2) is 12.1 Å². The molecule has 90 valence electrons. The summed E-state index contributed by atoms with van der Waals surface area (Å²) in [5.74, 6) is -0.178. The smallest absolute Gasteiger partial charge is 0.148 e. The summed E-state index contributed by atoms with van der Waals surface area (Å²) in [6.07, 6.45) is 0. The van der Waals surface area contributed by atoms with Gasteiger partial charge in [0, 0.05) is 37.6 Å². The van der Waals surface area contributed by atoms with E-state index in [0.717, 1.165) is 42.8 Å². The van der Waals surface area contributed by atoms with Crippen molar-refractivity contribution >= 4 is 16.6 Å². The maximum Gasteiger partial charge on any atom is 0.148 e. The summed E-state index contributed by atoms with van der Waals surface area (Å²) >= 11 is 0. The van der Waals surface area contributed by atoms with Gasteiger partial charge in [0.2, 0.25) is 0 Å². The molecule has 0 spiro atoms. The van der Waals surface area contributed by atoms with Crippen LogP contribution in [0.25, 0.3) is 10.9 Å². The normalized spacial score (nSPS) is 16.7. The summed E-state index contributed by atoms with van der Waals surface area (Å²) in [6, 6.07) is 3.43. The summed E-state index contributed by atoms with van der Waals surface area (Å²) in [6.45, 7) is 5.43. The number of piperazine rings is 1. The second-order valence-electron chi connectivity index (χ2n) is 4.40. The van der Waals surface area contributed by atoms with Gasteiger partial charge in [-0.25, -0.2) is 4.39 Å². The third-order valence-corrected chi connectivity index (χ3v) is 3.28. The van der Waals surface area contributed by atoms with Gasteiger partial charge >= 0.3 is 0 Å². The van der Waals surface area contributed by atoms with Crippen LogP contribution in [0.3, 0.4) is 0 Å². The first kappa shape index (κ1) is 10.5. The van der Waals surface area contributed by atoms with Crippen molar-refractivity contribution in [2.75, 3.05) is 31.1 Å². The van der Waals surface area contributed by atoms with Gasteiger partial charge in [0.15, 0.2) is 0 Å². The number of nitrogens with zero attached hydrogens (tertiary/aromatic N) is 2. The fourth-order valence-electron chi connectivity index (χ4n) is 2.31. The fourth-order valence-corrected chi connectivity index (χ4v) is 2.31. The second-order valence-corrected chi connectivity index (χ2v) is 4.40. The molecule has 1 aromatic carbocycles. The first-order valence-electron chi connectivity index (χ1n) is 5.85. The standard InChI is InChI=1S/C12H15FN4/c1-8-9-6-12(17-4-2-14-3-5-17)10(13)7-11(9)16-15-8/h6-7,14H,2-5H2,1H3,(H,15,16). The molecule has 0 amide bonds. The zero-order valence-corrected chi connectivity index (χ0v) is 9.76. The van der Waals surface area contributed by atoms with Gasteiger partial charge < -0.3 is 10.2 Å². The minimum atomic E-state index is -0.178. The molecule has 1 aromatic heterocycles. The number of H-pyrrole nitrogens is 1. The zero-order valence-electron chi connectivity index (χ0n) is 9.76. The molecule has 1 aliphatic heterocycles. The average molecular weight is 234 g/mol. The Balaban J connectivity index is 2.07. The Morgan fingerprint density at radius 1 is 1.29 bits per heavy atom. The Hall–Kier alpha value is -1.62. The van der Waals surface area contributed by atoms with Crippen LogP contribution < -0.4 is 10.2 Å². The quantitative estimate of drug-likeness (QED) is 0.784. The number of halogens is 1. The lowest BCUT2D eigenvalue weighted by Crippen LogP contribution is -2.43. The third-order valence-electron chi connectivity index (χ3n) is 3.28. The molecule has 0 aliphatic carbocycles. The Kier molecular flexibility index (Phi) is 2.48. The van der Waals surface area contributed by atoms with Crippen LogP contribution in [0.5, 0.6) is 0 Å². The lowest BCUT2D eigenvalue weighted by atomic mass is 10.1. The van der Waals surface area contributed by atoms with Gasteiger partial charge in [-0.3, -0.25) is 5.10 Å². The Labute approximate surface area is 98.8 Å². The Morgan fingerprint density at radius 3 is 2.82 bits per heavy atom. The first-order chi connectivity index (χ1) is 8.25. The average Bonchev–Trinajstić information content (AvgIpc) is 2.70. The van der Waals surface area contributed by atoms with Gasteiger partial charge in [-0.05, 0) is 13.0 Å². The molecule has 1 aliphatic rings. The largest absolute Gasteiger partial charge is 0.367 e. The summed E-state index contributed by atoms with van der Waals surface area (Å²) in [5.41, 5.74) is 2.36. The molecule has 2 N–H and O–H groups in total. The van der Waals surface area contributed by atoms with Gasteiger partial charge in [0.25, 0.3) is 0 Å². The van der Waals surface area contributed by atoms with Gasteiger partial charge in [-0.2, -0.15) is 5.10 Å². The third kappa shape index (κ3) is 1.76. The molecule has 0 bridgehead atoms. The topological polar surface area (TPSA) is 44.0 Å². The van der Waals surface area contributed by atoms with E-state index >= 15 is 0 Å². The summed E-state index contributed by atoms with van der Waals surface area (Å²) in [4.78, 5) is 2.08. The van der Waals surface area contributed by atoms with Crippen LogP contribution in [0.1, 0.15) is 5.69 Å². The predicted octanol–water partition coefficient (Wildman–Crippen LogP) is 1.42. The van der Waals surface area contributed by atoms with E-state index in [0.29, 0.717) is 5.69 Å².